The first-order chi connectivity index (χ1) is 15.2. The number of ether oxygens (including phenoxy) is 3. The van der Waals surface area contributed by atoms with Crippen LogP contribution in [0.2, 0.25) is 0 Å². The van der Waals surface area contributed by atoms with Gasteiger partial charge in [0.2, 0.25) is 5.88 Å². The second-order valence-corrected chi connectivity index (χ2v) is 7.36. The van der Waals surface area contributed by atoms with Crippen LogP contribution in [-0.2, 0) is 16.0 Å². The Bertz CT molecular complexity index is 828. The molecular formula is C23H31FN4O3. The van der Waals surface area contributed by atoms with Crippen molar-refractivity contribution in [2.45, 2.75) is 25.8 Å². The third kappa shape index (κ3) is 8.15. The lowest BCUT2D eigenvalue weighted by Gasteiger charge is -2.21. The summed E-state index contributed by atoms with van der Waals surface area (Å²) < 4.78 is 30.3. The molecular weight excluding hydrogens is 399 g/mol. The second kappa shape index (κ2) is 12.9. The van der Waals surface area contributed by atoms with Gasteiger partial charge in [0.25, 0.3) is 0 Å². The predicted molar refractivity (Wildman–Crippen MR) is 118 cm³/mol. The average molecular weight is 431 g/mol. The fourth-order valence-electron chi connectivity index (χ4n) is 3.24. The van der Waals surface area contributed by atoms with Crippen LogP contribution in [0, 0.1) is 11.7 Å². The Kier molecular flexibility index (Phi) is 9.53. The molecule has 7 nitrogen and oxygen atoms in total. The van der Waals surface area contributed by atoms with Crippen LogP contribution in [0.5, 0.6) is 11.6 Å². The molecule has 2 heterocycles. The van der Waals surface area contributed by atoms with Crippen LogP contribution in [0.1, 0.15) is 24.8 Å². The molecule has 3 rings (SSSR count). The number of nitrogens with one attached hydrogen (secondary N) is 2. The number of nitrogens with zero attached hydrogens (tertiary/aromatic N) is 2. The van der Waals surface area contributed by atoms with Gasteiger partial charge >= 0.3 is 0 Å². The SMILES string of the molecule is CN=C(NCCCOCC1CCOCC1)NCc1cccnc1Oc1cccc(F)c1. The molecule has 1 aliphatic rings. The molecule has 1 aromatic heterocycles. The number of aromatic nitrogens is 1. The Labute approximate surface area is 183 Å². The zero-order valence-corrected chi connectivity index (χ0v) is 18.0. The van der Waals surface area contributed by atoms with E-state index in [4.69, 9.17) is 14.2 Å². The summed E-state index contributed by atoms with van der Waals surface area (Å²) in [7, 11) is 1.73. The molecule has 1 fully saturated rings. The molecule has 0 bridgehead atoms. The van der Waals surface area contributed by atoms with Crippen molar-refractivity contribution in [1.82, 2.24) is 15.6 Å². The molecule has 0 amide bonds. The van der Waals surface area contributed by atoms with E-state index in [9.17, 15) is 4.39 Å². The zero-order chi connectivity index (χ0) is 21.7. The molecule has 1 aromatic carbocycles. The minimum absolute atomic E-state index is 0.352. The largest absolute Gasteiger partial charge is 0.439 e. The van der Waals surface area contributed by atoms with Crippen molar-refractivity contribution >= 4 is 5.96 Å². The maximum absolute atomic E-state index is 13.4. The number of hydrogen-bond donors (Lipinski definition) is 2. The van der Waals surface area contributed by atoms with Gasteiger partial charge < -0.3 is 24.8 Å². The van der Waals surface area contributed by atoms with Gasteiger partial charge in [0, 0.05) is 64.4 Å². The summed E-state index contributed by atoms with van der Waals surface area (Å²) in [5, 5.41) is 6.54. The van der Waals surface area contributed by atoms with E-state index in [2.05, 4.69) is 20.6 Å². The van der Waals surface area contributed by atoms with Crippen molar-refractivity contribution in [2.75, 3.05) is 40.0 Å². The molecule has 2 N–H and O–H groups in total. The van der Waals surface area contributed by atoms with Gasteiger partial charge in [-0.05, 0) is 43.4 Å². The van der Waals surface area contributed by atoms with Crippen LogP contribution < -0.4 is 15.4 Å². The fourth-order valence-corrected chi connectivity index (χ4v) is 3.24. The summed E-state index contributed by atoms with van der Waals surface area (Å²) in [5.41, 5.74) is 0.842. The highest BCUT2D eigenvalue weighted by Crippen LogP contribution is 2.23. The van der Waals surface area contributed by atoms with E-state index >= 15 is 0 Å². The Balaban J connectivity index is 1.38. The summed E-state index contributed by atoms with van der Waals surface area (Å²) in [6, 6.07) is 9.74. The Morgan fingerprint density at radius 1 is 1.23 bits per heavy atom. The lowest BCUT2D eigenvalue weighted by molar-refractivity contribution is 0.0203. The first kappa shape index (κ1) is 23.0. The molecule has 2 aromatic rings. The number of halogens is 1. The van der Waals surface area contributed by atoms with E-state index in [1.807, 2.05) is 12.1 Å². The van der Waals surface area contributed by atoms with Crippen LogP contribution in [0.15, 0.2) is 47.6 Å². The molecule has 1 aliphatic heterocycles. The number of benzene rings is 1. The highest BCUT2D eigenvalue weighted by atomic mass is 19.1. The van der Waals surface area contributed by atoms with E-state index in [-0.39, 0.29) is 5.82 Å². The van der Waals surface area contributed by atoms with Crippen molar-refractivity contribution in [2.24, 2.45) is 10.9 Å². The lowest BCUT2D eigenvalue weighted by atomic mass is 10.0. The van der Waals surface area contributed by atoms with Crippen LogP contribution in [0.25, 0.3) is 0 Å². The second-order valence-electron chi connectivity index (χ2n) is 7.36. The quantitative estimate of drug-likeness (QED) is 0.341. The van der Waals surface area contributed by atoms with E-state index in [0.717, 1.165) is 57.8 Å². The summed E-state index contributed by atoms with van der Waals surface area (Å²) in [5.74, 6) is 1.79. The fraction of sp³-hybridized carbons (Fsp3) is 0.478. The molecule has 168 valence electrons. The molecule has 0 atom stereocenters. The number of aliphatic imine (C=N–C) groups is 1. The minimum atomic E-state index is -0.352. The first-order valence-corrected chi connectivity index (χ1v) is 10.7. The van der Waals surface area contributed by atoms with Gasteiger partial charge in [0.15, 0.2) is 5.96 Å². The Hall–Kier alpha value is -2.71. The molecule has 0 radical (unpaired) electrons. The van der Waals surface area contributed by atoms with Crippen molar-refractivity contribution in [1.29, 1.82) is 0 Å². The van der Waals surface area contributed by atoms with Crippen molar-refractivity contribution in [3.63, 3.8) is 0 Å². The zero-order valence-electron chi connectivity index (χ0n) is 18.0. The van der Waals surface area contributed by atoms with Gasteiger partial charge in [-0.15, -0.1) is 0 Å². The number of pyridine rings is 1. The summed E-state index contributed by atoms with van der Waals surface area (Å²) in [6.45, 7) is 4.46. The summed E-state index contributed by atoms with van der Waals surface area (Å²) in [6.07, 6.45) is 4.72. The molecule has 0 unspecified atom stereocenters. The van der Waals surface area contributed by atoms with Gasteiger partial charge in [0.05, 0.1) is 0 Å². The van der Waals surface area contributed by atoms with Gasteiger partial charge in [-0.2, -0.15) is 0 Å². The van der Waals surface area contributed by atoms with E-state index in [0.29, 0.717) is 30.1 Å². The first-order valence-electron chi connectivity index (χ1n) is 10.7. The molecule has 31 heavy (non-hydrogen) atoms. The third-order valence-electron chi connectivity index (χ3n) is 4.98. The van der Waals surface area contributed by atoms with E-state index < -0.39 is 0 Å². The van der Waals surface area contributed by atoms with Crippen LogP contribution >= 0.6 is 0 Å². The predicted octanol–water partition coefficient (Wildman–Crippen LogP) is 3.51. The van der Waals surface area contributed by atoms with E-state index in [1.165, 1.54) is 12.1 Å². The normalized spacial score (nSPS) is 15.0. The highest BCUT2D eigenvalue weighted by Gasteiger charge is 2.13. The van der Waals surface area contributed by atoms with E-state index in [1.54, 1.807) is 25.4 Å². The lowest BCUT2D eigenvalue weighted by Crippen LogP contribution is -2.37. The monoisotopic (exact) mass is 430 g/mol. The molecule has 1 saturated heterocycles. The summed E-state index contributed by atoms with van der Waals surface area (Å²) in [4.78, 5) is 8.52. The topological polar surface area (TPSA) is 77.0 Å². The van der Waals surface area contributed by atoms with Gasteiger partial charge in [-0.3, -0.25) is 4.99 Å². The number of hydrogen-bond acceptors (Lipinski definition) is 5. The third-order valence-corrected chi connectivity index (χ3v) is 4.98. The molecule has 0 spiro atoms. The Morgan fingerprint density at radius 2 is 2.10 bits per heavy atom. The standard InChI is InChI=1S/C23H31FN4O3/c1-25-23(27-11-4-12-30-17-18-8-13-29-14-9-18)28-16-19-5-3-10-26-22(19)31-21-7-2-6-20(24)15-21/h2-3,5-7,10,15,18H,4,8-9,11-14,16-17H2,1H3,(H2,25,27,28). The molecule has 0 aliphatic carbocycles. The maximum atomic E-state index is 13.4. The maximum Gasteiger partial charge on any atom is 0.224 e. The van der Waals surface area contributed by atoms with Crippen LogP contribution in [0.4, 0.5) is 4.39 Å². The van der Waals surface area contributed by atoms with Gasteiger partial charge in [-0.25, -0.2) is 9.37 Å². The van der Waals surface area contributed by atoms with Crippen molar-refractivity contribution in [3.8, 4) is 11.6 Å². The molecule has 8 heteroatoms. The van der Waals surface area contributed by atoms with Crippen molar-refractivity contribution in [3.05, 3.63) is 54.0 Å². The molecule has 0 saturated carbocycles. The average Bonchev–Trinajstić information content (AvgIpc) is 2.80. The van der Waals surface area contributed by atoms with Crippen molar-refractivity contribution < 1.29 is 18.6 Å². The Morgan fingerprint density at radius 3 is 2.90 bits per heavy atom. The van der Waals surface area contributed by atoms with Crippen LogP contribution in [-0.4, -0.2) is 51.0 Å². The smallest absolute Gasteiger partial charge is 0.224 e. The number of rotatable bonds is 10. The minimum Gasteiger partial charge on any atom is -0.439 e. The summed E-state index contributed by atoms with van der Waals surface area (Å²) >= 11 is 0. The highest BCUT2D eigenvalue weighted by molar-refractivity contribution is 5.79. The number of guanidine groups is 1. The van der Waals surface area contributed by atoms with Crippen LogP contribution in [0.3, 0.4) is 0 Å². The van der Waals surface area contributed by atoms with Gasteiger partial charge in [-0.1, -0.05) is 12.1 Å². The van der Waals surface area contributed by atoms with Gasteiger partial charge in [0.1, 0.15) is 11.6 Å².